The average Bonchev–Trinajstić information content (AvgIpc) is 2.34. The molecule has 0 aromatic carbocycles. The first-order valence-corrected chi connectivity index (χ1v) is 6.49. The topological polar surface area (TPSA) is 33.3 Å². The lowest BCUT2D eigenvalue weighted by Gasteiger charge is -2.18. The zero-order valence-electron chi connectivity index (χ0n) is 10.5. The summed E-state index contributed by atoms with van der Waals surface area (Å²) in [4.78, 5) is 0. The predicted octanol–water partition coefficient (Wildman–Crippen LogP) is 1.56. The van der Waals surface area contributed by atoms with E-state index in [-0.39, 0.29) is 0 Å². The lowest BCUT2D eigenvalue weighted by Crippen LogP contribution is -2.28. The van der Waals surface area contributed by atoms with Crippen LogP contribution < -0.4 is 10.6 Å². The lowest BCUT2D eigenvalue weighted by molar-refractivity contribution is 0.199. The van der Waals surface area contributed by atoms with Crippen molar-refractivity contribution in [2.45, 2.75) is 25.7 Å². The molecule has 3 heteroatoms. The Morgan fingerprint density at radius 3 is 2.81 bits per heavy atom. The Bertz CT molecular complexity index is 183. The molecular formula is C13H26N2O. The van der Waals surface area contributed by atoms with E-state index in [4.69, 9.17) is 4.74 Å². The van der Waals surface area contributed by atoms with E-state index in [2.05, 4.69) is 22.8 Å². The third-order valence-corrected chi connectivity index (χ3v) is 3.00. The van der Waals surface area contributed by atoms with Gasteiger partial charge in [-0.1, -0.05) is 12.2 Å². The van der Waals surface area contributed by atoms with Crippen molar-refractivity contribution in [3.05, 3.63) is 12.2 Å². The molecule has 0 bridgehead atoms. The van der Waals surface area contributed by atoms with Crippen LogP contribution in [0, 0.1) is 5.92 Å². The summed E-state index contributed by atoms with van der Waals surface area (Å²) in [5, 5.41) is 6.89. The summed E-state index contributed by atoms with van der Waals surface area (Å²) >= 11 is 0. The molecule has 0 saturated carbocycles. The van der Waals surface area contributed by atoms with E-state index in [1.807, 2.05) is 0 Å². The van der Waals surface area contributed by atoms with Gasteiger partial charge < -0.3 is 15.4 Å². The summed E-state index contributed by atoms with van der Waals surface area (Å²) in [6, 6.07) is 0. The summed E-state index contributed by atoms with van der Waals surface area (Å²) in [5.74, 6) is 0.867. The van der Waals surface area contributed by atoms with Crippen LogP contribution in [0.4, 0.5) is 0 Å². The average molecular weight is 226 g/mol. The van der Waals surface area contributed by atoms with Gasteiger partial charge in [0.05, 0.1) is 6.61 Å². The molecule has 1 aliphatic rings. The molecule has 1 rings (SSSR count). The van der Waals surface area contributed by atoms with Crippen molar-refractivity contribution in [3.63, 3.8) is 0 Å². The summed E-state index contributed by atoms with van der Waals surface area (Å²) in [6.07, 6.45) is 9.71. The van der Waals surface area contributed by atoms with Crippen molar-refractivity contribution in [2.24, 2.45) is 5.92 Å². The summed E-state index contributed by atoms with van der Waals surface area (Å²) < 4.78 is 4.96. The zero-order valence-corrected chi connectivity index (χ0v) is 10.5. The summed E-state index contributed by atoms with van der Waals surface area (Å²) in [6.45, 7) is 5.16. The molecule has 94 valence electrons. The molecule has 0 spiro atoms. The molecule has 0 heterocycles. The van der Waals surface area contributed by atoms with E-state index < -0.39 is 0 Å². The molecule has 3 nitrogen and oxygen atoms in total. The Hall–Kier alpha value is -0.380. The fourth-order valence-corrected chi connectivity index (χ4v) is 1.99. The van der Waals surface area contributed by atoms with Gasteiger partial charge in [-0.3, -0.25) is 0 Å². The van der Waals surface area contributed by atoms with Gasteiger partial charge in [0.1, 0.15) is 0 Å². The number of hydrogen-bond donors (Lipinski definition) is 2. The third kappa shape index (κ3) is 6.99. The van der Waals surface area contributed by atoms with Crippen LogP contribution in [-0.2, 0) is 4.74 Å². The minimum atomic E-state index is 0.807. The van der Waals surface area contributed by atoms with Gasteiger partial charge in [0.25, 0.3) is 0 Å². The maximum atomic E-state index is 4.96. The fraction of sp³-hybridized carbons (Fsp3) is 0.846. The first kappa shape index (κ1) is 13.7. The third-order valence-electron chi connectivity index (χ3n) is 3.00. The number of hydrogen-bond acceptors (Lipinski definition) is 3. The van der Waals surface area contributed by atoms with Crippen molar-refractivity contribution in [2.75, 3.05) is 39.9 Å². The van der Waals surface area contributed by atoms with Crippen molar-refractivity contribution in [1.82, 2.24) is 10.6 Å². The van der Waals surface area contributed by atoms with Crippen LogP contribution in [0.5, 0.6) is 0 Å². The largest absolute Gasteiger partial charge is 0.383 e. The van der Waals surface area contributed by atoms with E-state index in [1.54, 1.807) is 7.11 Å². The summed E-state index contributed by atoms with van der Waals surface area (Å²) in [7, 11) is 1.74. The second-order valence-electron chi connectivity index (χ2n) is 4.45. The van der Waals surface area contributed by atoms with Crippen LogP contribution in [0.15, 0.2) is 12.2 Å². The van der Waals surface area contributed by atoms with E-state index in [9.17, 15) is 0 Å². The van der Waals surface area contributed by atoms with Gasteiger partial charge >= 0.3 is 0 Å². The van der Waals surface area contributed by atoms with Crippen LogP contribution in [0.25, 0.3) is 0 Å². The number of nitrogens with one attached hydrogen (secondary N) is 2. The van der Waals surface area contributed by atoms with Crippen molar-refractivity contribution < 1.29 is 4.74 Å². The standard InChI is InChI=1S/C13H26N2O/c1-16-11-10-14-8-5-9-15-12-13-6-3-2-4-7-13/h2-3,13-15H,4-12H2,1H3. The molecule has 1 aliphatic carbocycles. The molecule has 1 unspecified atom stereocenters. The Labute approximate surface area is 99.6 Å². The Morgan fingerprint density at radius 2 is 2.06 bits per heavy atom. The minimum Gasteiger partial charge on any atom is -0.383 e. The quantitative estimate of drug-likeness (QED) is 0.462. The van der Waals surface area contributed by atoms with Gasteiger partial charge in [-0.2, -0.15) is 0 Å². The fourth-order valence-electron chi connectivity index (χ4n) is 1.99. The molecule has 16 heavy (non-hydrogen) atoms. The normalized spacial score (nSPS) is 20.2. The van der Waals surface area contributed by atoms with Gasteiger partial charge in [0, 0.05) is 13.7 Å². The number of rotatable bonds is 9. The van der Waals surface area contributed by atoms with Crippen LogP contribution in [-0.4, -0.2) is 39.9 Å². The Morgan fingerprint density at radius 1 is 1.19 bits per heavy atom. The summed E-state index contributed by atoms with van der Waals surface area (Å²) in [5.41, 5.74) is 0. The van der Waals surface area contributed by atoms with Crippen LogP contribution in [0.3, 0.4) is 0 Å². The Kier molecular flexibility index (Phi) is 8.40. The maximum Gasteiger partial charge on any atom is 0.0587 e. The van der Waals surface area contributed by atoms with Gasteiger partial charge in [-0.25, -0.2) is 0 Å². The monoisotopic (exact) mass is 226 g/mol. The van der Waals surface area contributed by atoms with Crippen LogP contribution in [0.2, 0.25) is 0 Å². The smallest absolute Gasteiger partial charge is 0.0587 e. The lowest BCUT2D eigenvalue weighted by atomic mass is 9.94. The molecule has 0 fully saturated rings. The van der Waals surface area contributed by atoms with E-state index in [0.717, 1.165) is 32.2 Å². The first-order valence-electron chi connectivity index (χ1n) is 6.49. The van der Waals surface area contributed by atoms with E-state index in [0.29, 0.717) is 0 Å². The highest BCUT2D eigenvalue weighted by molar-refractivity contribution is 4.90. The van der Waals surface area contributed by atoms with Crippen LogP contribution in [0.1, 0.15) is 25.7 Å². The van der Waals surface area contributed by atoms with Gasteiger partial charge in [-0.15, -0.1) is 0 Å². The first-order chi connectivity index (χ1) is 7.93. The number of methoxy groups -OCH3 is 1. The number of ether oxygens (including phenoxy) is 1. The maximum absolute atomic E-state index is 4.96. The predicted molar refractivity (Wildman–Crippen MR) is 68.7 cm³/mol. The second-order valence-corrected chi connectivity index (χ2v) is 4.45. The highest BCUT2D eigenvalue weighted by Gasteiger charge is 2.08. The molecule has 0 amide bonds. The van der Waals surface area contributed by atoms with Crippen molar-refractivity contribution in [1.29, 1.82) is 0 Å². The molecular weight excluding hydrogens is 200 g/mol. The zero-order chi connectivity index (χ0) is 11.5. The second kappa shape index (κ2) is 9.82. The van der Waals surface area contributed by atoms with Crippen molar-refractivity contribution >= 4 is 0 Å². The minimum absolute atomic E-state index is 0.807. The van der Waals surface area contributed by atoms with Gasteiger partial charge in [-0.05, 0) is 51.2 Å². The van der Waals surface area contributed by atoms with Crippen molar-refractivity contribution in [3.8, 4) is 0 Å². The molecule has 0 aromatic heterocycles. The molecule has 0 radical (unpaired) electrons. The molecule has 2 N–H and O–H groups in total. The number of allylic oxidation sites excluding steroid dienone is 2. The highest BCUT2D eigenvalue weighted by atomic mass is 16.5. The molecule has 0 saturated heterocycles. The SMILES string of the molecule is COCCNCCCNCC1CC=CCC1. The Balaban J connectivity index is 1.79. The van der Waals surface area contributed by atoms with Crippen LogP contribution >= 0.6 is 0 Å². The highest BCUT2D eigenvalue weighted by Crippen LogP contribution is 2.16. The van der Waals surface area contributed by atoms with Gasteiger partial charge in [0.2, 0.25) is 0 Å². The van der Waals surface area contributed by atoms with E-state index >= 15 is 0 Å². The molecule has 0 aliphatic heterocycles. The molecule has 0 aromatic rings. The molecule has 1 atom stereocenters. The van der Waals surface area contributed by atoms with E-state index in [1.165, 1.54) is 32.2 Å². The van der Waals surface area contributed by atoms with Gasteiger partial charge in [0.15, 0.2) is 0 Å².